The SMILES string of the molecule is Cc1cnc(-c2cncc(C[C@H]3CCCNC3)n2)[nH]1. The van der Waals surface area contributed by atoms with Crippen LogP contribution >= 0.6 is 0 Å². The molecule has 0 unspecified atom stereocenters. The topological polar surface area (TPSA) is 66.5 Å². The third-order valence-electron chi connectivity index (χ3n) is 3.53. The van der Waals surface area contributed by atoms with Crippen molar-refractivity contribution in [2.24, 2.45) is 5.92 Å². The summed E-state index contributed by atoms with van der Waals surface area (Å²) in [4.78, 5) is 16.5. The molecule has 100 valence electrons. The molecule has 1 aliphatic heterocycles. The van der Waals surface area contributed by atoms with Gasteiger partial charge in [0, 0.05) is 18.1 Å². The summed E-state index contributed by atoms with van der Waals surface area (Å²) in [5.74, 6) is 1.48. The Kier molecular flexibility index (Phi) is 3.55. The number of hydrogen-bond donors (Lipinski definition) is 2. The average molecular weight is 257 g/mol. The molecule has 0 bridgehead atoms. The van der Waals surface area contributed by atoms with E-state index in [0.29, 0.717) is 5.92 Å². The van der Waals surface area contributed by atoms with Crippen molar-refractivity contribution in [2.75, 3.05) is 13.1 Å². The van der Waals surface area contributed by atoms with Crippen LogP contribution in [0.5, 0.6) is 0 Å². The van der Waals surface area contributed by atoms with Crippen LogP contribution in [-0.2, 0) is 6.42 Å². The van der Waals surface area contributed by atoms with Gasteiger partial charge in [-0.2, -0.15) is 0 Å². The monoisotopic (exact) mass is 257 g/mol. The van der Waals surface area contributed by atoms with Crippen LogP contribution in [-0.4, -0.2) is 33.0 Å². The van der Waals surface area contributed by atoms with Gasteiger partial charge >= 0.3 is 0 Å². The molecule has 0 aromatic carbocycles. The maximum absolute atomic E-state index is 4.67. The lowest BCUT2D eigenvalue weighted by Crippen LogP contribution is -2.31. The largest absolute Gasteiger partial charge is 0.341 e. The zero-order valence-corrected chi connectivity index (χ0v) is 11.2. The van der Waals surface area contributed by atoms with Gasteiger partial charge in [-0.25, -0.2) is 9.97 Å². The summed E-state index contributed by atoms with van der Waals surface area (Å²) in [6.07, 6.45) is 8.98. The molecule has 5 nitrogen and oxygen atoms in total. The Morgan fingerprint density at radius 2 is 2.26 bits per heavy atom. The fourth-order valence-corrected chi connectivity index (χ4v) is 2.56. The van der Waals surface area contributed by atoms with Gasteiger partial charge in [-0.05, 0) is 45.2 Å². The van der Waals surface area contributed by atoms with E-state index in [4.69, 9.17) is 0 Å². The number of piperidine rings is 1. The Morgan fingerprint density at radius 1 is 1.32 bits per heavy atom. The van der Waals surface area contributed by atoms with E-state index in [1.807, 2.05) is 19.3 Å². The van der Waals surface area contributed by atoms with E-state index in [9.17, 15) is 0 Å². The van der Waals surface area contributed by atoms with E-state index in [0.717, 1.165) is 42.4 Å². The van der Waals surface area contributed by atoms with Crippen LogP contribution in [0.1, 0.15) is 24.2 Å². The summed E-state index contributed by atoms with van der Waals surface area (Å²) >= 11 is 0. The first-order chi connectivity index (χ1) is 9.31. The van der Waals surface area contributed by atoms with Crippen LogP contribution in [0.3, 0.4) is 0 Å². The molecule has 3 rings (SSSR count). The number of aromatic nitrogens is 4. The smallest absolute Gasteiger partial charge is 0.157 e. The fourth-order valence-electron chi connectivity index (χ4n) is 2.56. The Bertz CT molecular complexity index is 542. The van der Waals surface area contributed by atoms with Crippen molar-refractivity contribution in [2.45, 2.75) is 26.2 Å². The first kappa shape index (κ1) is 12.3. The van der Waals surface area contributed by atoms with Gasteiger partial charge in [0.25, 0.3) is 0 Å². The lowest BCUT2D eigenvalue weighted by molar-refractivity contribution is 0.373. The van der Waals surface area contributed by atoms with Crippen molar-refractivity contribution in [1.29, 1.82) is 0 Å². The number of imidazole rings is 1. The predicted octanol–water partition coefficient (Wildman–Crippen LogP) is 1.72. The summed E-state index contributed by atoms with van der Waals surface area (Å²) in [7, 11) is 0. The number of aryl methyl sites for hydroxylation is 1. The summed E-state index contributed by atoms with van der Waals surface area (Å²) in [5.41, 5.74) is 2.92. The van der Waals surface area contributed by atoms with Crippen LogP contribution in [0.2, 0.25) is 0 Å². The van der Waals surface area contributed by atoms with E-state index in [2.05, 4.69) is 25.3 Å². The zero-order valence-electron chi connectivity index (χ0n) is 11.2. The Morgan fingerprint density at radius 3 is 3.00 bits per heavy atom. The van der Waals surface area contributed by atoms with Crippen LogP contribution in [0, 0.1) is 12.8 Å². The van der Waals surface area contributed by atoms with Gasteiger partial charge in [0.05, 0.1) is 11.9 Å². The number of aromatic amines is 1. The lowest BCUT2D eigenvalue weighted by atomic mass is 9.95. The number of hydrogen-bond acceptors (Lipinski definition) is 4. The maximum Gasteiger partial charge on any atom is 0.157 e. The molecule has 0 spiro atoms. The second kappa shape index (κ2) is 5.48. The molecule has 3 heterocycles. The van der Waals surface area contributed by atoms with Gasteiger partial charge in [0.15, 0.2) is 5.82 Å². The molecule has 0 radical (unpaired) electrons. The zero-order chi connectivity index (χ0) is 13.1. The van der Waals surface area contributed by atoms with E-state index >= 15 is 0 Å². The third-order valence-corrected chi connectivity index (χ3v) is 3.53. The molecule has 0 aliphatic carbocycles. The third kappa shape index (κ3) is 2.98. The highest BCUT2D eigenvalue weighted by Gasteiger charge is 2.15. The molecule has 1 aliphatic rings. The van der Waals surface area contributed by atoms with Crippen molar-refractivity contribution in [1.82, 2.24) is 25.3 Å². The normalized spacial score (nSPS) is 19.5. The first-order valence-corrected chi connectivity index (χ1v) is 6.85. The van der Waals surface area contributed by atoms with Crippen LogP contribution in [0.25, 0.3) is 11.5 Å². The van der Waals surface area contributed by atoms with Crippen molar-refractivity contribution >= 4 is 0 Å². The van der Waals surface area contributed by atoms with E-state index in [1.165, 1.54) is 12.8 Å². The fraction of sp³-hybridized carbons (Fsp3) is 0.500. The maximum atomic E-state index is 4.67. The first-order valence-electron chi connectivity index (χ1n) is 6.85. The molecule has 2 aromatic heterocycles. The molecule has 2 aromatic rings. The minimum atomic E-state index is 0.677. The van der Waals surface area contributed by atoms with Crippen LogP contribution < -0.4 is 5.32 Å². The molecule has 1 saturated heterocycles. The van der Waals surface area contributed by atoms with Gasteiger partial charge in [-0.3, -0.25) is 4.98 Å². The van der Waals surface area contributed by atoms with Crippen molar-refractivity contribution in [3.8, 4) is 11.5 Å². The molecule has 0 saturated carbocycles. The van der Waals surface area contributed by atoms with Gasteiger partial charge in [-0.15, -0.1) is 0 Å². The van der Waals surface area contributed by atoms with Crippen molar-refractivity contribution in [3.63, 3.8) is 0 Å². The van der Waals surface area contributed by atoms with Crippen LogP contribution in [0.4, 0.5) is 0 Å². The quantitative estimate of drug-likeness (QED) is 0.878. The van der Waals surface area contributed by atoms with Gasteiger partial charge < -0.3 is 10.3 Å². The Hall–Kier alpha value is -1.75. The highest BCUT2D eigenvalue weighted by molar-refractivity contribution is 5.47. The second-order valence-electron chi connectivity index (χ2n) is 5.23. The van der Waals surface area contributed by atoms with E-state index in [-0.39, 0.29) is 0 Å². The average Bonchev–Trinajstić information content (AvgIpc) is 2.87. The molecule has 0 amide bonds. The molecule has 5 heteroatoms. The van der Waals surface area contributed by atoms with Gasteiger partial charge in [0.2, 0.25) is 0 Å². The summed E-state index contributed by atoms with van der Waals surface area (Å²) in [6, 6.07) is 0. The number of nitrogens with zero attached hydrogens (tertiary/aromatic N) is 3. The van der Waals surface area contributed by atoms with Crippen LogP contribution in [0.15, 0.2) is 18.6 Å². The summed E-state index contributed by atoms with van der Waals surface area (Å²) in [5, 5.41) is 3.44. The van der Waals surface area contributed by atoms with E-state index < -0.39 is 0 Å². The molecule has 1 atom stereocenters. The molecule has 19 heavy (non-hydrogen) atoms. The minimum Gasteiger partial charge on any atom is -0.341 e. The highest BCUT2D eigenvalue weighted by Crippen LogP contribution is 2.17. The van der Waals surface area contributed by atoms with Gasteiger partial charge in [0.1, 0.15) is 5.69 Å². The summed E-state index contributed by atoms with van der Waals surface area (Å²) in [6.45, 7) is 4.22. The predicted molar refractivity (Wildman–Crippen MR) is 73.6 cm³/mol. The van der Waals surface area contributed by atoms with E-state index in [1.54, 1.807) is 6.20 Å². The highest BCUT2D eigenvalue weighted by atomic mass is 15.0. The Labute approximate surface area is 112 Å². The van der Waals surface area contributed by atoms with Crippen molar-refractivity contribution in [3.05, 3.63) is 30.0 Å². The molecule has 2 N–H and O–H groups in total. The molecule has 1 fully saturated rings. The summed E-state index contributed by atoms with van der Waals surface area (Å²) < 4.78 is 0. The lowest BCUT2D eigenvalue weighted by Gasteiger charge is -2.22. The standard InChI is InChI=1S/C14H19N5/c1-10-6-17-14(18-10)13-9-16-8-12(19-13)5-11-3-2-4-15-7-11/h6,8-9,11,15H,2-5,7H2,1H3,(H,17,18)/t11-/m1/s1. The number of H-pyrrole nitrogens is 1. The van der Waals surface area contributed by atoms with Gasteiger partial charge in [-0.1, -0.05) is 0 Å². The minimum absolute atomic E-state index is 0.677. The number of nitrogens with one attached hydrogen (secondary N) is 2. The molecular formula is C14H19N5. The second-order valence-corrected chi connectivity index (χ2v) is 5.23. The molecular weight excluding hydrogens is 238 g/mol. The number of rotatable bonds is 3. The van der Waals surface area contributed by atoms with Crippen molar-refractivity contribution < 1.29 is 0 Å². The Balaban J connectivity index is 1.75.